The Labute approximate surface area is 119 Å². The highest BCUT2D eigenvalue weighted by Gasteiger charge is 2.29. The van der Waals surface area contributed by atoms with Gasteiger partial charge in [-0.25, -0.2) is 0 Å². The third-order valence-corrected chi connectivity index (χ3v) is 3.80. The summed E-state index contributed by atoms with van der Waals surface area (Å²) in [5.74, 6) is -1.18. The number of nitrogens with zero attached hydrogens (tertiary/aromatic N) is 1. The van der Waals surface area contributed by atoms with Gasteiger partial charge in [0, 0.05) is 19.0 Å². The van der Waals surface area contributed by atoms with Gasteiger partial charge in [0.15, 0.2) is 0 Å². The number of aryl methyl sites for hydroxylation is 1. The molecule has 1 atom stereocenters. The zero-order valence-corrected chi connectivity index (χ0v) is 11.6. The summed E-state index contributed by atoms with van der Waals surface area (Å²) in [6.45, 7) is 1.49. The molecule has 1 N–H and O–H groups in total. The minimum Gasteiger partial charge on any atom is -0.481 e. The number of carbonyl (C=O) groups excluding carboxylic acids is 1. The number of likely N-dealkylation sites (tertiary alicyclic amines) is 1. The van der Waals surface area contributed by atoms with E-state index in [1.807, 2.05) is 23.1 Å². The fraction of sp³-hybridized carbons (Fsp3) is 0.500. The van der Waals surface area contributed by atoms with Gasteiger partial charge in [0.2, 0.25) is 5.91 Å². The number of carboxylic acid groups (broad SMARTS) is 1. The van der Waals surface area contributed by atoms with E-state index in [9.17, 15) is 9.59 Å². The molecule has 0 aliphatic carbocycles. The predicted molar refractivity (Wildman–Crippen MR) is 76.3 cm³/mol. The Balaban J connectivity index is 1.80. The van der Waals surface area contributed by atoms with Crippen LogP contribution in [-0.4, -0.2) is 35.0 Å². The van der Waals surface area contributed by atoms with Crippen molar-refractivity contribution < 1.29 is 14.7 Å². The standard InChI is InChI=1S/C16H21NO3/c18-15(19)12-14-9-5-11-17(16(14)20)10-4-8-13-6-2-1-3-7-13/h1-3,6-7,14H,4-5,8-12H2,(H,18,19). The van der Waals surface area contributed by atoms with Gasteiger partial charge >= 0.3 is 5.97 Å². The molecule has 1 amide bonds. The van der Waals surface area contributed by atoms with Crippen LogP contribution in [0.25, 0.3) is 0 Å². The van der Waals surface area contributed by atoms with Crippen molar-refractivity contribution in [2.75, 3.05) is 13.1 Å². The maximum atomic E-state index is 12.2. The van der Waals surface area contributed by atoms with Crippen molar-refractivity contribution in [1.82, 2.24) is 4.90 Å². The number of hydrogen-bond acceptors (Lipinski definition) is 2. The average molecular weight is 275 g/mol. The van der Waals surface area contributed by atoms with E-state index in [-0.39, 0.29) is 18.2 Å². The maximum Gasteiger partial charge on any atom is 0.304 e. The van der Waals surface area contributed by atoms with Gasteiger partial charge in [0.25, 0.3) is 0 Å². The number of benzene rings is 1. The Hall–Kier alpha value is -1.84. The molecule has 1 heterocycles. The van der Waals surface area contributed by atoms with E-state index in [0.29, 0.717) is 6.42 Å². The van der Waals surface area contributed by atoms with Crippen LogP contribution in [0, 0.1) is 5.92 Å². The third-order valence-electron chi connectivity index (χ3n) is 3.80. The Morgan fingerprint density at radius 3 is 2.75 bits per heavy atom. The minimum absolute atomic E-state index is 0.0201. The molecule has 1 aliphatic rings. The number of amides is 1. The first-order valence-electron chi connectivity index (χ1n) is 7.21. The topological polar surface area (TPSA) is 57.6 Å². The van der Waals surface area contributed by atoms with Crippen molar-refractivity contribution in [3.05, 3.63) is 35.9 Å². The molecule has 1 fully saturated rings. The van der Waals surface area contributed by atoms with Crippen molar-refractivity contribution >= 4 is 11.9 Å². The second-order valence-corrected chi connectivity index (χ2v) is 5.35. The highest BCUT2D eigenvalue weighted by Crippen LogP contribution is 2.21. The first kappa shape index (κ1) is 14.6. The molecular weight excluding hydrogens is 254 g/mol. The molecule has 0 aromatic heterocycles. The van der Waals surface area contributed by atoms with E-state index >= 15 is 0 Å². The van der Waals surface area contributed by atoms with Crippen molar-refractivity contribution in [2.24, 2.45) is 5.92 Å². The molecule has 4 heteroatoms. The lowest BCUT2D eigenvalue weighted by molar-refractivity contribution is -0.146. The van der Waals surface area contributed by atoms with Gasteiger partial charge in [-0.1, -0.05) is 30.3 Å². The molecule has 2 rings (SSSR count). The summed E-state index contributed by atoms with van der Waals surface area (Å²) >= 11 is 0. The molecule has 4 nitrogen and oxygen atoms in total. The fourth-order valence-electron chi connectivity index (χ4n) is 2.76. The molecule has 0 bridgehead atoms. The van der Waals surface area contributed by atoms with Gasteiger partial charge in [-0.15, -0.1) is 0 Å². The van der Waals surface area contributed by atoms with Gasteiger partial charge in [-0.3, -0.25) is 9.59 Å². The van der Waals surface area contributed by atoms with E-state index in [2.05, 4.69) is 12.1 Å². The number of piperidine rings is 1. The maximum absolute atomic E-state index is 12.2. The molecule has 1 aliphatic heterocycles. The Morgan fingerprint density at radius 1 is 1.30 bits per heavy atom. The largest absolute Gasteiger partial charge is 0.481 e. The van der Waals surface area contributed by atoms with E-state index in [4.69, 9.17) is 5.11 Å². The molecule has 108 valence electrons. The summed E-state index contributed by atoms with van der Waals surface area (Å²) in [5, 5.41) is 8.82. The first-order chi connectivity index (χ1) is 9.66. The van der Waals surface area contributed by atoms with Gasteiger partial charge < -0.3 is 10.0 Å². The zero-order valence-electron chi connectivity index (χ0n) is 11.6. The average Bonchev–Trinajstić information content (AvgIpc) is 2.43. The van der Waals surface area contributed by atoms with E-state index in [1.165, 1.54) is 5.56 Å². The highest BCUT2D eigenvalue weighted by atomic mass is 16.4. The molecule has 0 spiro atoms. The van der Waals surface area contributed by atoms with Crippen molar-refractivity contribution in [1.29, 1.82) is 0 Å². The SMILES string of the molecule is O=C(O)CC1CCCN(CCCc2ccccc2)C1=O. The first-order valence-corrected chi connectivity index (χ1v) is 7.21. The molecule has 1 saturated heterocycles. The third kappa shape index (κ3) is 4.08. The smallest absolute Gasteiger partial charge is 0.304 e. The number of carboxylic acids is 1. The Bertz CT molecular complexity index is 458. The van der Waals surface area contributed by atoms with Crippen LogP contribution < -0.4 is 0 Å². The molecule has 0 radical (unpaired) electrons. The zero-order chi connectivity index (χ0) is 14.4. The summed E-state index contributed by atoms with van der Waals surface area (Å²) in [6.07, 6.45) is 3.47. The Kier molecular flexibility index (Phi) is 5.16. The molecule has 1 aromatic carbocycles. The van der Waals surface area contributed by atoms with Crippen LogP contribution in [0.1, 0.15) is 31.2 Å². The van der Waals surface area contributed by atoms with Gasteiger partial charge in [0.1, 0.15) is 0 Å². The summed E-state index contributed by atoms with van der Waals surface area (Å²) in [6, 6.07) is 10.2. The van der Waals surface area contributed by atoms with Crippen LogP contribution in [0.15, 0.2) is 30.3 Å². The summed E-state index contributed by atoms with van der Waals surface area (Å²) in [5.41, 5.74) is 1.28. The monoisotopic (exact) mass is 275 g/mol. The summed E-state index contributed by atoms with van der Waals surface area (Å²) in [7, 11) is 0. The van der Waals surface area contributed by atoms with E-state index in [0.717, 1.165) is 32.4 Å². The van der Waals surface area contributed by atoms with Crippen molar-refractivity contribution in [3.63, 3.8) is 0 Å². The number of hydrogen-bond donors (Lipinski definition) is 1. The van der Waals surface area contributed by atoms with E-state index < -0.39 is 5.97 Å². The molecule has 1 unspecified atom stereocenters. The van der Waals surface area contributed by atoms with Crippen LogP contribution in [0.3, 0.4) is 0 Å². The molecule has 20 heavy (non-hydrogen) atoms. The number of carbonyl (C=O) groups is 2. The van der Waals surface area contributed by atoms with Crippen molar-refractivity contribution in [2.45, 2.75) is 32.1 Å². The van der Waals surface area contributed by atoms with Crippen LogP contribution >= 0.6 is 0 Å². The molecule has 0 saturated carbocycles. The van der Waals surface area contributed by atoms with E-state index in [1.54, 1.807) is 0 Å². The highest BCUT2D eigenvalue weighted by molar-refractivity contribution is 5.83. The fourth-order valence-corrected chi connectivity index (χ4v) is 2.76. The van der Waals surface area contributed by atoms with Gasteiger partial charge in [-0.2, -0.15) is 0 Å². The molecular formula is C16H21NO3. The lowest BCUT2D eigenvalue weighted by Crippen LogP contribution is -2.42. The second-order valence-electron chi connectivity index (χ2n) is 5.35. The van der Waals surface area contributed by atoms with Gasteiger partial charge in [0.05, 0.1) is 6.42 Å². The summed E-state index contributed by atoms with van der Waals surface area (Å²) in [4.78, 5) is 24.7. The van der Waals surface area contributed by atoms with Crippen LogP contribution in [0.4, 0.5) is 0 Å². The van der Waals surface area contributed by atoms with Gasteiger partial charge in [-0.05, 0) is 31.2 Å². The lowest BCUT2D eigenvalue weighted by Gasteiger charge is -2.31. The summed E-state index contributed by atoms with van der Waals surface area (Å²) < 4.78 is 0. The number of rotatable bonds is 6. The van der Waals surface area contributed by atoms with Crippen LogP contribution in [0.2, 0.25) is 0 Å². The number of aliphatic carboxylic acids is 1. The minimum atomic E-state index is -0.880. The van der Waals surface area contributed by atoms with Crippen LogP contribution in [0.5, 0.6) is 0 Å². The lowest BCUT2D eigenvalue weighted by atomic mass is 9.93. The quantitative estimate of drug-likeness (QED) is 0.867. The second kappa shape index (κ2) is 7.08. The Morgan fingerprint density at radius 2 is 2.05 bits per heavy atom. The predicted octanol–water partition coefficient (Wildman–Crippen LogP) is 2.33. The van der Waals surface area contributed by atoms with Crippen LogP contribution in [-0.2, 0) is 16.0 Å². The van der Waals surface area contributed by atoms with Crippen molar-refractivity contribution in [3.8, 4) is 0 Å². The molecule has 1 aromatic rings. The normalized spacial score (nSPS) is 19.1.